The van der Waals surface area contributed by atoms with Crippen LogP contribution >= 0.6 is 0 Å². The van der Waals surface area contributed by atoms with Crippen LogP contribution in [0.2, 0.25) is 0 Å². The number of aryl methyl sites for hydroxylation is 1. The zero-order chi connectivity index (χ0) is 20.9. The molecule has 0 aliphatic heterocycles. The maximum absolute atomic E-state index is 12.4. The minimum Gasteiger partial charge on any atom is -0.352 e. The monoisotopic (exact) mass is 400 g/mol. The van der Waals surface area contributed by atoms with Gasteiger partial charge in [-0.1, -0.05) is 24.3 Å². The molecule has 0 saturated heterocycles. The van der Waals surface area contributed by atoms with E-state index in [4.69, 9.17) is 0 Å². The molecule has 0 atom stereocenters. The third kappa shape index (κ3) is 4.30. The van der Waals surface area contributed by atoms with E-state index in [9.17, 15) is 4.79 Å². The van der Waals surface area contributed by atoms with Crippen LogP contribution < -0.4 is 5.32 Å². The van der Waals surface area contributed by atoms with Gasteiger partial charge in [-0.25, -0.2) is 14.3 Å². The molecule has 0 aliphatic rings. The van der Waals surface area contributed by atoms with Gasteiger partial charge in [-0.2, -0.15) is 10.2 Å². The summed E-state index contributed by atoms with van der Waals surface area (Å²) in [6.45, 7) is 4.49. The highest BCUT2D eigenvalue weighted by molar-refractivity contribution is 5.76. The Morgan fingerprint density at radius 2 is 1.90 bits per heavy atom. The van der Waals surface area contributed by atoms with Gasteiger partial charge in [0.1, 0.15) is 0 Å². The van der Waals surface area contributed by atoms with Crippen molar-refractivity contribution in [1.82, 2.24) is 29.9 Å². The fraction of sp³-hybridized carbons (Fsp3) is 0.217. The Hall–Kier alpha value is -3.74. The number of carbonyl (C=O) groups excluding carboxylic acids is 1. The second-order valence-electron chi connectivity index (χ2n) is 7.15. The van der Waals surface area contributed by atoms with Crippen molar-refractivity contribution in [2.24, 2.45) is 0 Å². The summed E-state index contributed by atoms with van der Waals surface area (Å²) in [4.78, 5) is 16.8. The first-order valence-corrected chi connectivity index (χ1v) is 9.94. The van der Waals surface area contributed by atoms with Crippen LogP contribution in [-0.2, 0) is 17.8 Å². The molecule has 1 amide bonds. The van der Waals surface area contributed by atoms with E-state index in [1.54, 1.807) is 17.1 Å². The Bertz CT molecular complexity index is 1110. The molecular weight excluding hydrogens is 376 g/mol. The smallest absolute Gasteiger partial charge is 0.220 e. The van der Waals surface area contributed by atoms with E-state index in [2.05, 4.69) is 20.5 Å². The van der Waals surface area contributed by atoms with Crippen LogP contribution in [0.25, 0.3) is 11.5 Å². The summed E-state index contributed by atoms with van der Waals surface area (Å²) in [5.74, 6) is 0.758. The van der Waals surface area contributed by atoms with Crippen LogP contribution in [0.4, 0.5) is 0 Å². The number of carbonyl (C=O) groups is 1. The first-order valence-electron chi connectivity index (χ1n) is 9.94. The number of rotatable bonds is 7. The average Bonchev–Trinajstić information content (AvgIpc) is 3.40. The molecule has 152 valence electrons. The van der Waals surface area contributed by atoms with Crippen LogP contribution in [0.5, 0.6) is 0 Å². The Morgan fingerprint density at radius 3 is 2.60 bits per heavy atom. The summed E-state index contributed by atoms with van der Waals surface area (Å²) in [6.07, 6.45) is 6.39. The van der Waals surface area contributed by atoms with Crippen LogP contribution in [0.15, 0.2) is 67.1 Å². The molecule has 4 rings (SSSR count). The number of hydrogen-bond acceptors (Lipinski definition) is 4. The lowest BCUT2D eigenvalue weighted by atomic mass is 10.1. The number of nitrogens with zero attached hydrogens (tertiary/aromatic N) is 5. The molecule has 1 aromatic carbocycles. The predicted molar refractivity (Wildman–Crippen MR) is 115 cm³/mol. The van der Waals surface area contributed by atoms with Crippen molar-refractivity contribution in [2.45, 2.75) is 33.2 Å². The van der Waals surface area contributed by atoms with Gasteiger partial charge in [0.25, 0.3) is 0 Å². The first-order chi connectivity index (χ1) is 14.6. The number of pyridine rings is 1. The van der Waals surface area contributed by atoms with Crippen molar-refractivity contribution in [3.63, 3.8) is 0 Å². The van der Waals surface area contributed by atoms with Crippen LogP contribution in [-0.4, -0.2) is 30.5 Å². The van der Waals surface area contributed by atoms with Gasteiger partial charge in [-0.3, -0.25) is 4.79 Å². The molecule has 1 N–H and O–H groups in total. The number of amides is 1. The van der Waals surface area contributed by atoms with Gasteiger partial charge in [0.2, 0.25) is 5.91 Å². The molecule has 0 fully saturated rings. The van der Waals surface area contributed by atoms with Gasteiger partial charge in [-0.05, 0) is 55.7 Å². The Labute approximate surface area is 175 Å². The van der Waals surface area contributed by atoms with Crippen molar-refractivity contribution >= 4 is 5.91 Å². The highest BCUT2D eigenvalue weighted by Crippen LogP contribution is 2.19. The quantitative estimate of drug-likeness (QED) is 0.516. The fourth-order valence-corrected chi connectivity index (χ4v) is 3.45. The second-order valence-corrected chi connectivity index (χ2v) is 7.15. The summed E-state index contributed by atoms with van der Waals surface area (Å²) in [5, 5.41) is 11.8. The van der Waals surface area contributed by atoms with Crippen molar-refractivity contribution in [1.29, 1.82) is 0 Å². The molecular formula is C23H24N6O. The zero-order valence-electron chi connectivity index (χ0n) is 17.1. The Kier molecular flexibility index (Phi) is 5.70. The average molecular weight is 400 g/mol. The maximum Gasteiger partial charge on any atom is 0.220 e. The number of aromatic nitrogens is 5. The van der Waals surface area contributed by atoms with Gasteiger partial charge >= 0.3 is 0 Å². The maximum atomic E-state index is 12.4. The molecule has 0 bridgehead atoms. The Balaban J connectivity index is 1.33. The van der Waals surface area contributed by atoms with Gasteiger partial charge < -0.3 is 5.32 Å². The minimum atomic E-state index is 0.0115. The highest BCUT2D eigenvalue weighted by atomic mass is 16.1. The lowest BCUT2D eigenvalue weighted by Gasteiger charge is -2.07. The molecule has 0 radical (unpaired) electrons. The fourth-order valence-electron chi connectivity index (χ4n) is 3.45. The molecule has 0 spiro atoms. The number of nitrogens with one attached hydrogen (secondary N) is 1. The topological polar surface area (TPSA) is 77.6 Å². The van der Waals surface area contributed by atoms with Crippen LogP contribution in [0.1, 0.15) is 28.9 Å². The molecule has 7 nitrogen and oxygen atoms in total. The highest BCUT2D eigenvalue weighted by Gasteiger charge is 2.14. The molecule has 3 heterocycles. The number of para-hydroxylation sites is 1. The van der Waals surface area contributed by atoms with Crippen LogP contribution in [0, 0.1) is 13.8 Å². The normalized spacial score (nSPS) is 10.9. The summed E-state index contributed by atoms with van der Waals surface area (Å²) >= 11 is 0. The van der Waals surface area contributed by atoms with Crippen molar-refractivity contribution in [3.05, 3.63) is 89.6 Å². The largest absolute Gasteiger partial charge is 0.352 e. The predicted octanol–water partition coefficient (Wildman–Crippen LogP) is 3.32. The Morgan fingerprint density at radius 1 is 1.07 bits per heavy atom. The lowest BCUT2D eigenvalue weighted by Crippen LogP contribution is -2.23. The standard InChI is InChI=1S/C23H24N6O/c1-17-21(18(2)29(27-17)20-7-4-3-5-8-20)10-12-23(30)25-16-19-9-11-22(24-15-19)28-14-6-13-26-28/h3-9,11,13-15H,10,12,16H2,1-2H3,(H,25,30). The van der Waals surface area contributed by atoms with Gasteiger partial charge in [0.05, 0.1) is 11.4 Å². The summed E-state index contributed by atoms with van der Waals surface area (Å²) in [7, 11) is 0. The lowest BCUT2D eigenvalue weighted by molar-refractivity contribution is -0.121. The van der Waals surface area contributed by atoms with E-state index >= 15 is 0 Å². The van der Waals surface area contributed by atoms with E-state index in [1.807, 2.05) is 73.3 Å². The van der Waals surface area contributed by atoms with E-state index in [-0.39, 0.29) is 5.91 Å². The SMILES string of the molecule is Cc1nn(-c2ccccc2)c(C)c1CCC(=O)NCc1ccc(-n2cccn2)nc1. The molecule has 30 heavy (non-hydrogen) atoms. The summed E-state index contributed by atoms with van der Waals surface area (Å²) < 4.78 is 3.64. The van der Waals surface area contributed by atoms with Gasteiger partial charge in [0, 0.05) is 37.3 Å². The number of benzene rings is 1. The van der Waals surface area contributed by atoms with Crippen molar-refractivity contribution in [2.75, 3.05) is 0 Å². The zero-order valence-corrected chi connectivity index (χ0v) is 17.1. The minimum absolute atomic E-state index is 0.0115. The molecule has 0 aliphatic carbocycles. The molecule has 0 unspecified atom stereocenters. The third-order valence-corrected chi connectivity index (χ3v) is 5.08. The van der Waals surface area contributed by atoms with Gasteiger partial charge in [0.15, 0.2) is 5.82 Å². The first kappa shape index (κ1) is 19.6. The van der Waals surface area contributed by atoms with E-state index < -0.39 is 0 Å². The molecule has 3 aromatic heterocycles. The summed E-state index contributed by atoms with van der Waals surface area (Å²) in [5.41, 5.74) is 5.13. The molecule has 0 saturated carbocycles. The third-order valence-electron chi connectivity index (χ3n) is 5.08. The van der Waals surface area contributed by atoms with E-state index in [1.165, 1.54) is 0 Å². The summed E-state index contributed by atoms with van der Waals surface area (Å²) in [6, 6.07) is 15.7. The number of hydrogen-bond donors (Lipinski definition) is 1. The second kappa shape index (κ2) is 8.73. The van der Waals surface area contributed by atoms with Crippen LogP contribution in [0.3, 0.4) is 0 Å². The van der Waals surface area contributed by atoms with Crippen molar-refractivity contribution < 1.29 is 4.79 Å². The van der Waals surface area contributed by atoms with E-state index in [0.717, 1.165) is 34.0 Å². The van der Waals surface area contributed by atoms with E-state index in [0.29, 0.717) is 19.4 Å². The molecule has 4 aromatic rings. The molecule has 7 heteroatoms. The van der Waals surface area contributed by atoms with Gasteiger partial charge in [-0.15, -0.1) is 0 Å². The van der Waals surface area contributed by atoms with Crippen molar-refractivity contribution in [3.8, 4) is 11.5 Å².